The van der Waals surface area contributed by atoms with Crippen molar-refractivity contribution in [3.8, 4) is 11.5 Å². The summed E-state index contributed by atoms with van der Waals surface area (Å²) in [6, 6.07) is 9.85. The summed E-state index contributed by atoms with van der Waals surface area (Å²) in [6.07, 6.45) is -4.55. The van der Waals surface area contributed by atoms with E-state index in [9.17, 15) is 22.8 Å². The van der Waals surface area contributed by atoms with Crippen molar-refractivity contribution < 1.29 is 32.2 Å². The van der Waals surface area contributed by atoms with Crippen LogP contribution in [0.3, 0.4) is 0 Å². The second-order valence-corrected chi connectivity index (χ2v) is 6.86. The van der Waals surface area contributed by atoms with E-state index in [1.165, 1.54) is 17.0 Å². The van der Waals surface area contributed by atoms with E-state index in [-0.39, 0.29) is 43.8 Å². The molecule has 2 heterocycles. The highest BCUT2D eigenvalue weighted by molar-refractivity contribution is 6.00. The molecule has 0 aromatic heterocycles. The summed E-state index contributed by atoms with van der Waals surface area (Å²) >= 11 is 0. The molecule has 1 fully saturated rings. The molecule has 2 aromatic rings. The number of nitrogens with one attached hydrogen (secondary N) is 1. The maximum absolute atomic E-state index is 12.9. The van der Waals surface area contributed by atoms with Gasteiger partial charge in [0.1, 0.15) is 0 Å². The first-order valence-electron chi connectivity index (χ1n) is 8.95. The van der Waals surface area contributed by atoms with E-state index in [1.54, 1.807) is 18.2 Å². The van der Waals surface area contributed by atoms with E-state index in [0.29, 0.717) is 11.5 Å². The molecule has 2 aliphatic heterocycles. The Morgan fingerprint density at radius 1 is 1.14 bits per heavy atom. The van der Waals surface area contributed by atoms with Gasteiger partial charge in [0.15, 0.2) is 11.5 Å². The van der Waals surface area contributed by atoms with E-state index >= 15 is 0 Å². The van der Waals surface area contributed by atoms with Crippen molar-refractivity contribution >= 4 is 17.5 Å². The number of carbonyl (C=O) groups is 2. The first-order valence-corrected chi connectivity index (χ1v) is 8.95. The van der Waals surface area contributed by atoms with Gasteiger partial charge in [-0.2, -0.15) is 13.2 Å². The Balaban J connectivity index is 1.39. The molecule has 1 saturated heterocycles. The fourth-order valence-corrected chi connectivity index (χ4v) is 3.37. The molecular formula is C20H17F3N2O4. The van der Waals surface area contributed by atoms with E-state index in [4.69, 9.17) is 9.47 Å². The largest absolute Gasteiger partial charge is 0.454 e. The number of hydrogen-bond acceptors (Lipinski definition) is 4. The van der Waals surface area contributed by atoms with Crippen LogP contribution in [0.15, 0.2) is 42.5 Å². The molecular weight excluding hydrogens is 389 g/mol. The van der Waals surface area contributed by atoms with Crippen molar-refractivity contribution in [1.82, 2.24) is 5.32 Å². The zero-order chi connectivity index (χ0) is 20.6. The van der Waals surface area contributed by atoms with Gasteiger partial charge >= 0.3 is 6.18 Å². The van der Waals surface area contributed by atoms with Crippen LogP contribution in [0.1, 0.15) is 17.5 Å². The van der Waals surface area contributed by atoms with Crippen LogP contribution in [-0.4, -0.2) is 25.2 Å². The van der Waals surface area contributed by atoms with Gasteiger partial charge in [-0.15, -0.1) is 0 Å². The monoisotopic (exact) mass is 406 g/mol. The zero-order valence-electron chi connectivity index (χ0n) is 15.2. The number of alkyl halides is 3. The Bertz CT molecular complexity index is 961. The third kappa shape index (κ3) is 3.98. The second kappa shape index (κ2) is 7.31. The van der Waals surface area contributed by atoms with Crippen LogP contribution in [-0.2, 0) is 22.3 Å². The Morgan fingerprint density at radius 2 is 1.93 bits per heavy atom. The van der Waals surface area contributed by atoms with E-state index < -0.39 is 17.7 Å². The lowest BCUT2D eigenvalue weighted by Gasteiger charge is -2.18. The summed E-state index contributed by atoms with van der Waals surface area (Å²) in [5, 5.41) is 2.77. The molecule has 0 radical (unpaired) electrons. The summed E-state index contributed by atoms with van der Waals surface area (Å²) in [4.78, 5) is 26.0. The van der Waals surface area contributed by atoms with Gasteiger partial charge < -0.3 is 19.7 Å². The SMILES string of the molecule is O=C(NCc1ccc2c(c1)OCO2)C1CC(=O)N(c2cccc(C(F)(F)F)c2)C1. The smallest absolute Gasteiger partial charge is 0.416 e. The van der Waals surface area contributed by atoms with Gasteiger partial charge in [-0.05, 0) is 35.9 Å². The Kier molecular flexibility index (Phi) is 4.81. The highest BCUT2D eigenvalue weighted by atomic mass is 19.4. The molecule has 1 atom stereocenters. The number of fused-ring (bicyclic) bond motifs is 1. The molecule has 1 unspecified atom stereocenters. The highest BCUT2D eigenvalue weighted by Gasteiger charge is 2.36. The Morgan fingerprint density at radius 3 is 2.72 bits per heavy atom. The number of ether oxygens (including phenoxy) is 2. The van der Waals surface area contributed by atoms with Crippen LogP contribution in [0, 0.1) is 5.92 Å². The fraction of sp³-hybridized carbons (Fsp3) is 0.300. The highest BCUT2D eigenvalue weighted by Crippen LogP contribution is 2.34. The quantitative estimate of drug-likeness (QED) is 0.848. The molecule has 2 amide bonds. The molecule has 1 N–H and O–H groups in total. The first-order chi connectivity index (χ1) is 13.8. The van der Waals surface area contributed by atoms with E-state index in [2.05, 4.69) is 5.32 Å². The summed E-state index contributed by atoms with van der Waals surface area (Å²) in [5.74, 6) is -0.106. The van der Waals surface area contributed by atoms with Crippen LogP contribution >= 0.6 is 0 Å². The average Bonchev–Trinajstić information content (AvgIpc) is 3.31. The summed E-state index contributed by atoms with van der Waals surface area (Å²) in [5.41, 5.74) is 0.107. The molecule has 0 saturated carbocycles. The van der Waals surface area contributed by atoms with Gasteiger partial charge in [0.05, 0.1) is 11.5 Å². The van der Waals surface area contributed by atoms with Crippen LogP contribution in [0.4, 0.5) is 18.9 Å². The van der Waals surface area contributed by atoms with Gasteiger partial charge in [0.2, 0.25) is 18.6 Å². The Labute approximate surface area is 164 Å². The lowest BCUT2D eigenvalue weighted by atomic mass is 10.1. The minimum Gasteiger partial charge on any atom is -0.454 e. The number of anilines is 1. The summed E-state index contributed by atoms with van der Waals surface area (Å²) in [7, 11) is 0. The van der Waals surface area contributed by atoms with Crippen molar-refractivity contribution in [2.75, 3.05) is 18.2 Å². The number of rotatable bonds is 4. The number of benzene rings is 2. The standard InChI is InChI=1S/C20H17F3N2O4/c21-20(22,23)14-2-1-3-15(8-14)25-10-13(7-18(25)26)19(27)24-9-12-4-5-16-17(6-12)29-11-28-16/h1-6,8,13H,7,9-11H2,(H,24,27). The Hall–Kier alpha value is -3.23. The fourth-order valence-electron chi connectivity index (χ4n) is 3.37. The van der Waals surface area contributed by atoms with Crippen molar-refractivity contribution in [3.05, 3.63) is 53.6 Å². The van der Waals surface area contributed by atoms with Gasteiger partial charge in [0, 0.05) is 25.2 Å². The van der Waals surface area contributed by atoms with Crippen LogP contribution in [0.5, 0.6) is 11.5 Å². The van der Waals surface area contributed by atoms with Crippen LogP contribution < -0.4 is 19.7 Å². The second-order valence-electron chi connectivity index (χ2n) is 6.86. The minimum absolute atomic E-state index is 0.0348. The van der Waals surface area contributed by atoms with E-state index in [1.807, 2.05) is 0 Å². The molecule has 4 rings (SSSR count). The van der Waals surface area contributed by atoms with Crippen molar-refractivity contribution in [1.29, 1.82) is 0 Å². The molecule has 6 nitrogen and oxygen atoms in total. The zero-order valence-corrected chi connectivity index (χ0v) is 15.2. The number of hydrogen-bond donors (Lipinski definition) is 1. The van der Waals surface area contributed by atoms with Crippen LogP contribution in [0.25, 0.3) is 0 Å². The molecule has 152 valence electrons. The molecule has 2 aliphatic rings. The topological polar surface area (TPSA) is 67.9 Å². The number of carbonyl (C=O) groups excluding carboxylic acids is 2. The molecule has 9 heteroatoms. The van der Waals surface area contributed by atoms with Crippen LogP contribution in [0.2, 0.25) is 0 Å². The number of halogens is 3. The maximum Gasteiger partial charge on any atom is 0.416 e. The molecule has 29 heavy (non-hydrogen) atoms. The van der Waals surface area contributed by atoms with Crippen molar-refractivity contribution in [2.24, 2.45) is 5.92 Å². The van der Waals surface area contributed by atoms with Crippen molar-refractivity contribution in [2.45, 2.75) is 19.1 Å². The molecule has 0 bridgehead atoms. The third-order valence-corrected chi connectivity index (χ3v) is 4.88. The predicted octanol–water partition coefficient (Wildman–Crippen LogP) is 3.10. The van der Waals surface area contributed by atoms with Gasteiger partial charge in [-0.25, -0.2) is 0 Å². The number of amides is 2. The molecule has 0 aliphatic carbocycles. The maximum atomic E-state index is 12.9. The minimum atomic E-state index is -4.50. The van der Waals surface area contributed by atoms with E-state index in [0.717, 1.165) is 17.7 Å². The molecule has 2 aromatic carbocycles. The van der Waals surface area contributed by atoms with Crippen molar-refractivity contribution in [3.63, 3.8) is 0 Å². The summed E-state index contributed by atoms with van der Waals surface area (Å²) < 4.78 is 49.3. The first kappa shape index (κ1) is 19.1. The van der Waals surface area contributed by atoms with Gasteiger partial charge in [0.25, 0.3) is 0 Å². The number of nitrogens with zero attached hydrogens (tertiary/aromatic N) is 1. The van der Waals surface area contributed by atoms with Gasteiger partial charge in [-0.1, -0.05) is 12.1 Å². The third-order valence-electron chi connectivity index (χ3n) is 4.88. The summed E-state index contributed by atoms with van der Waals surface area (Å²) in [6.45, 7) is 0.428. The predicted molar refractivity (Wildman–Crippen MR) is 96.3 cm³/mol. The lowest BCUT2D eigenvalue weighted by molar-refractivity contribution is -0.137. The average molecular weight is 406 g/mol. The lowest BCUT2D eigenvalue weighted by Crippen LogP contribution is -2.32. The van der Waals surface area contributed by atoms with Gasteiger partial charge in [-0.3, -0.25) is 9.59 Å². The normalized spacial score (nSPS) is 18.2. The molecule has 0 spiro atoms.